The van der Waals surface area contributed by atoms with Crippen LogP contribution in [0.15, 0.2) is 51.8 Å². The Labute approximate surface area is 172 Å². The van der Waals surface area contributed by atoms with Gasteiger partial charge in [-0.2, -0.15) is 0 Å². The van der Waals surface area contributed by atoms with E-state index in [1.807, 2.05) is 0 Å². The number of carbonyl (C=O) groups excluding carboxylic acids is 1. The average molecular weight is 469 g/mol. The molecular formula is C19H21BrN2O5S. The molecule has 0 aliphatic carbocycles. The highest BCUT2D eigenvalue weighted by atomic mass is 79.9. The summed E-state index contributed by atoms with van der Waals surface area (Å²) in [5.74, 6) is 0.0102. The smallest absolute Gasteiger partial charge is 0.265 e. The van der Waals surface area contributed by atoms with Crippen LogP contribution in [0.2, 0.25) is 0 Å². The molecule has 28 heavy (non-hydrogen) atoms. The fourth-order valence-corrected chi connectivity index (χ4v) is 4.63. The lowest BCUT2D eigenvalue weighted by molar-refractivity contribution is 0.0303. The van der Waals surface area contributed by atoms with Crippen molar-refractivity contribution in [3.05, 3.63) is 52.5 Å². The molecule has 1 fully saturated rings. The van der Waals surface area contributed by atoms with E-state index in [1.54, 1.807) is 48.2 Å². The number of hydrogen-bond acceptors (Lipinski definition) is 5. The van der Waals surface area contributed by atoms with Gasteiger partial charge in [0.25, 0.3) is 15.9 Å². The fraction of sp³-hybridized carbons (Fsp3) is 0.316. The molecular weight excluding hydrogens is 448 g/mol. The standard InChI is InChI=1S/C19H21BrN2O5S/c1-2-27-17-8-7-14(20)13-18(17)28(24,25)21-16-6-4-3-5-15(16)19(23)22-9-11-26-12-10-22/h3-8,13,21H,2,9-12H2,1H3. The predicted octanol–water partition coefficient (Wildman–Crippen LogP) is 3.12. The van der Waals surface area contributed by atoms with Gasteiger partial charge in [-0.15, -0.1) is 0 Å². The van der Waals surface area contributed by atoms with Gasteiger partial charge in [0.15, 0.2) is 0 Å². The molecule has 0 spiro atoms. The molecule has 1 aliphatic heterocycles. The second kappa shape index (κ2) is 8.93. The van der Waals surface area contributed by atoms with Crippen LogP contribution >= 0.6 is 15.9 Å². The zero-order chi connectivity index (χ0) is 20.1. The number of nitrogens with zero attached hydrogens (tertiary/aromatic N) is 1. The number of carbonyl (C=O) groups is 1. The summed E-state index contributed by atoms with van der Waals surface area (Å²) >= 11 is 3.29. The number of anilines is 1. The molecule has 0 saturated carbocycles. The van der Waals surface area contributed by atoms with Gasteiger partial charge in [-0.1, -0.05) is 28.1 Å². The van der Waals surface area contributed by atoms with Crippen LogP contribution < -0.4 is 9.46 Å². The first-order valence-corrected chi connectivity index (χ1v) is 11.1. The van der Waals surface area contributed by atoms with Crippen LogP contribution in [0, 0.1) is 0 Å². The lowest BCUT2D eigenvalue weighted by atomic mass is 10.1. The second-order valence-corrected chi connectivity index (χ2v) is 8.65. The molecule has 7 nitrogen and oxygen atoms in total. The number of rotatable bonds is 6. The molecule has 1 heterocycles. The van der Waals surface area contributed by atoms with E-state index in [0.717, 1.165) is 0 Å². The summed E-state index contributed by atoms with van der Waals surface area (Å²) in [6.45, 7) is 3.99. The maximum Gasteiger partial charge on any atom is 0.265 e. The summed E-state index contributed by atoms with van der Waals surface area (Å²) in [5.41, 5.74) is 0.516. The summed E-state index contributed by atoms with van der Waals surface area (Å²) in [4.78, 5) is 14.5. The van der Waals surface area contributed by atoms with E-state index in [1.165, 1.54) is 6.07 Å². The van der Waals surface area contributed by atoms with Gasteiger partial charge < -0.3 is 14.4 Å². The van der Waals surface area contributed by atoms with Crippen molar-refractivity contribution in [2.75, 3.05) is 37.6 Å². The average Bonchev–Trinajstić information content (AvgIpc) is 2.70. The third-order valence-corrected chi connectivity index (χ3v) is 6.08. The number of morpholine rings is 1. The molecule has 1 saturated heterocycles. The van der Waals surface area contributed by atoms with Crippen LogP contribution in [0.4, 0.5) is 5.69 Å². The van der Waals surface area contributed by atoms with Gasteiger partial charge in [0.1, 0.15) is 10.6 Å². The van der Waals surface area contributed by atoms with Gasteiger partial charge >= 0.3 is 0 Å². The Morgan fingerprint density at radius 3 is 2.64 bits per heavy atom. The molecule has 0 bridgehead atoms. The first kappa shape index (κ1) is 20.6. The number of hydrogen-bond donors (Lipinski definition) is 1. The Morgan fingerprint density at radius 2 is 1.93 bits per heavy atom. The number of ether oxygens (including phenoxy) is 2. The lowest BCUT2D eigenvalue weighted by Crippen LogP contribution is -2.41. The van der Waals surface area contributed by atoms with Gasteiger partial charge in [-0.3, -0.25) is 9.52 Å². The summed E-state index contributed by atoms with van der Waals surface area (Å²) < 4.78 is 40.0. The van der Waals surface area contributed by atoms with Crippen molar-refractivity contribution in [2.45, 2.75) is 11.8 Å². The quantitative estimate of drug-likeness (QED) is 0.703. The number of benzene rings is 2. The molecule has 1 amide bonds. The number of amides is 1. The van der Waals surface area contributed by atoms with Gasteiger partial charge in [0, 0.05) is 17.6 Å². The van der Waals surface area contributed by atoms with E-state index in [4.69, 9.17) is 9.47 Å². The van der Waals surface area contributed by atoms with Crippen molar-refractivity contribution in [1.29, 1.82) is 0 Å². The molecule has 0 aromatic heterocycles. The van der Waals surface area contributed by atoms with Gasteiger partial charge in [-0.25, -0.2) is 8.42 Å². The first-order chi connectivity index (χ1) is 13.4. The highest BCUT2D eigenvalue weighted by Gasteiger charge is 2.25. The van der Waals surface area contributed by atoms with Crippen molar-refractivity contribution in [2.24, 2.45) is 0 Å². The van der Waals surface area contributed by atoms with Gasteiger partial charge in [0.2, 0.25) is 0 Å². The van der Waals surface area contributed by atoms with E-state index in [9.17, 15) is 13.2 Å². The van der Waals surface area contributed by atoms with Crippen molar-refractivity contribution < 1.29 is 22.7 Å². The molecule has 0 radical (unpaired) electrons. The van der Waals surface area contributed by atoms with Crippen molar-refractivity contribution >= 4 is 37.5 Å². The molecule has 3 rings (SSSR count). The zero-order valence-corrected chi connectivity index (χ0v) is 17.8. The molecule has 2 aromatic rings. The highest BCUT2D eigenvalue weighted by molar-refractivity contribution is 9.10. The van der Waals surface area contributed by atoms with Crippen molar-refractivity contribution in [3.8, 4) is 5.75 Å². The molecule has 2 aromatic carbocycles. The number of halogens is 1. The number of nitrogens with one attached hydrogen (secondary N) is 1. The molecule has 0 unspecified atom stereocenters. The normalized spacial score (nSPS) is 14.6. The third-order valence-electron chi connectivity index (χ3n) is 4.20. The topological polar surface area (TPSA) is 84.9 Å². The van der Waals surface area contributed by atoms with Crippen LogP contribution in [-0.4, -0.2) is 52.1 Å². The Hall–Kier alpha value is -2.10. The van der Waals surface area contributed by atoms with Gasteiger partial charge in [-0.05, 0) is 37.3 Å². The molecule has 1 aliphatic rings. The van der Waals surface area contributed by atoms with Crippen molar-refractivity contribution in [1.82, 2.24) is 4.90 Å². The summed E-state index contributed by atoms with van der Waals surface area (Å²) in [6, 6.07) is 11.3. The lowest BCUT2D eigenvalue weighted by Gasteiger charge is -2.27. The Balaban J connectivity index is 1.94. The van der Waals surface area contributed by atoms with Crippen molar-refractivity contribution in [3.63, 3.8) is 0 Å². The Morgan fingerprint density at radius 1 is 1.21 bits per heavy atom. The van der Waals surface area contributed by atoms with E-state index in [0.29, 0.717) is 42.9 Å². The van der Waals surface area contributed by atoms with E-state index in [-0.39, 0.29) is 22.2 Å². The maximum absolute atomic E-state index is 13.0. The second-order valence-electron chi connectivity index (χ2n) is 6.08. The minimum Gasteiger partial charge on any atom is -0.492 e. The maximum atomic E-state index is 13.0. The van der Waals surface area contributed by atoms with Crippen LogP contribution in [-0.2, 0) is 14.8 Å². The summed E-state index contributed by atoms with van der Waals surface area (Å²) in [7, 11) is -3.98. The van der Waals surface area contributed by atoms with Crippen LogP contribution in [0.25, 0.3) is 0 Å². The molecule has 150 valence electrons. The number of para-hydroxylation sites is 1. The Kier molecular flexibility index (Phi) is 6.58. The predicted molar refractivity (Wildman–Crippen MR) is 109 cm³/mol. The van der Waals surface area contributed by atoms with Crippen LogP contribution in [0.5, 0.6) is 5.75 Å². The number of sulfonamides is 1. The van der Waals surface area contributed by atoms with Gasteiger partial charge in [0.05, 0.1) is 31.1 Å². The molecule has 1 N–H and O–H groups in total. The Bertz CT molecular complexity index is 959. The molecule has 0 atom stereocenters. The first-order valence-electron chi connectivity index (χ1n) is 8.83. The monoisotopic (exact) mass is 468 g/mol. The van der Waals surface area contributed by atoms with E-state index in [2.05, 4.69) is 20.7 Å². The SMILES string of the molecule is CCOc1ccc(Br)cc1S(=O)(=O)Nc1ccccc1C(=O)N1CCOCC1. The minimum atomic E-state index is -3.98. The fourth-order valence-electron chi connectivity index (χ4n) is 2.86. The van der Waals surface area contributed by atoms with Crippen LogP contribution in [0.3, 0.4) is 0 Å². The largest absolute Gasteiger partial charge is 0.492 e. The summed E-state index contributed by atoms with van der Waals surface area (Å²) in [6.07, 6.45) is 0. The highest BCUT2D eigenvalue weighted by Crippen LogP contribution is 2.30. The minimum absolute atomic E-state index is 0.00245. The molecule has 9 heteroatoms. The van der Waals surface area contributed by atoms with E-state index < -0.39 is 10.0 Å². The van der Waals surface area contributed by atoms with Crippen LogP contribution in [0.1, 0.15) is 17.3 Å². The third kappa shape index (κ3) is 4.65. The van der Waals surface area contributed by atoms with E-state index >= 15 is 0 Å². The zero-order valence-electron chi connectivity index (χ0n) is 15.4. The summed E-state index contributed by atoms with van der Waals surface area (Å²) in [5, 5.41) is 0.